The van der Waals surface area contributed by atoms with Crippen LogP contribution in [-0.4, -0.2) is 43.4 Å². The molecule has 3 aromatic rings. The van der Waals surface area contributed by atoms with Crippen molar-refractivity contribution in [3.63, 3.8) is 0 Å². The maximum Gasteiger partial charge on any atom is 0.330 e. The minimum atomic E-state index is -0.454. The minimum Gasteiger partial charge on any atom is -0.338 e. The van der Waals surface area contributed by atoms with E-state index in [1.807, 2.05) is 6.92 Å². The molecule has 0 atom stereocenters. The molecule has 1 amide bonds. The molecule has 0 unspecified atom stereocenters. The normalized spacial score (nSPS) is 15.5. The lowest BCUT2D eigenvalue weighted by Gasteiger charge is -2.32. The second-order valence-electron chi connectivity index (χ2n) is 6.30. The number of carbonyl (C=O) groups excluding carboxylic acids is 1. The van der Waals surface area contributed by atoms with Crippen LogP contribution in [0, 0.1) is 6.92 Å². The van der Waals surface area contributed by atoms with Crippen LogP contribution in [0.4, 0.5) is 0 Å². The van der Waals surface area contributed by atoms with Crippen LogP contribution in [0.3, 0.4) is 0 Å². The fraction of sp³-hybridized carbons (Fsp3) is 0.353. The topological polar surface area (TPSA) is 101 Å². The smallest absolute Gasteiger partial charge is 0.330 e. The molecule has 3 aromatic heterocycles. The van der Waals surface area contributed by atoms with Crippen molar-refractivity contribution in [3.8, 4) is 0 Å². The third kappa shape index (κ3) is 2.74. The number of aryl methyl sites for hydroxylation is 1. The van der Waals surface area contributed by atoms with Gasteiger partial charge < -0.3 is 4.90 Å². The first kappa shape index (κ1) is 16.6. The lowest BCUT2D eigenvalue weighted by Crippen LogP contribution is -2.45. The number of amides is 1. The van der Waals surface area contributed by atoms with Crippen molar-refractivity contribution in [2.45, 2.75) is 25.8 Å². The summed E-state index contributed by atoms with van der Waals surface area (Å²) in [5.41, 5.74) is 1.91. The first-order valence-corrected chi connectivity index (χ1v) is 9.23. The summed E-state index contributed by atoms with van der Waals surface area (Å²) in [5.74, 6) is -0.0348. The van der Waals surface area contributed by atoms with Gasteiger partial charge in [-0.05, 0) is 31.9 Å². The Labute approximate surface area is 152 Å². The molecule has 4 heterocycles. The molecule has 1 fully saturated rings. The van der Waals surface area contributed by atoms with Crippen LogP contribution >= 0.6 is 11.3 Å². The van der Waals surface area contributed by atoms with Gasteiger partial charge in [-0.2, -0.15) is 0 Å². The summed E-state index contributed by atoms with van der Waals surface area (Å²) in [7, 11) is 0. The molecule has 1 saturated heterocycles. The molecule has 9 heteroatoms. The van der Waals surface area contributed by atoms with E-state index in [1.165, 1.54) is 22.1 Å². The molecule has 0 radical (unpaired) electrons. The first-order valence-electron chi connectivity index (χ1n) is 8.35. The quantitative estimate of drug-likeness (QED) is 0.732. The second-order valence-corrected chi connectivity index (χ2v) is 7.15. The summed E-state index contributed by atoms with van der Waals surface area (Å²) >= 11 is 1.34. The molecule has 0 aliphatic carbocycles. The van der Waals surface area contributed by atoms with E-state index in [9.17, 15) is 14.4 Å². The van der Waals surface area contributed by atoms with Gasteiger partial charge in [0.25, 0.3) is 11.5 Å². The Balaban J connectivity index is 1.58. The molecular weight excluding hydrogens is 354 g/mol. The predicted octanol–water partition coefficient (Wildman–Crippen LogP) is 1.33. The van der Waals surface area contributed by atoms with Gasteiger partial charge in [0.2, 0.25) is 0 Å². The van der Waals surface area contributed by atoms with E-state index in [1.54, 1.807) is 22.5 Å². The largest absolute Gasteiger partial charge is 0.338 e. The summed E-state index contributed by atoms with van der Waals surface area (Å²) in [4.78, 5) is 50.9. The van der Waals surface area contributed by atoms with E-state index in [-0.39, 0.29) is 17.5 Å². The maximum atomic E-state index is 12.7. The standard InChI is InChI=1S/C17H17N5O3S/c1-10-13(26-9-19-10)16(24)21-7-4-11(5-8-21)22-15(23)12-3-2-6-18-14(12)20-17(22)25/h2-3,6,9,11H,4-5,7-8H2,1H3,(H,18,20,25). The molecule has 26 heavy (non-hydrogen) atoms. The Morgan fingerprint density at radius 1 is 1.27 bits per heavy atom. The highest BCUT2D eigenvalue weighted by molar-refractivity contribution is 7.11. The Hall–Kier alpha value is -2.81. The molecule has 8 nitrogen and oxygen atoms in total. The van der Waals surface area contributed by atoms with E-state index in [0.717, 1.165) is 5.69 Å². The van der Waals surface area contributed by atoms with Crippen LogP contribution in [-0.2, 0) is 0 Å². The zero-order valence-corrected chi connectivity index (χ0v) is 15.0. The number of thiazole rings is 1. The van der Waals surface area contributed by atoms with Gasteiger partial charge >= 0.3 is 5.69 Å². The van der Waals surface area contributed by atoms with Gasteiger partial charge in [0.1, 0.15) is 10.5 Å². The average molecular weight is 371 g/mol. The van der Waals surface area contributed by atoms with E-state index < -0.39 is 5.69 Å². The van der Waals surface area contributed by atoms with Crippen LogP contribution in [0.5, 0.6) is 0 Å². The van der Waals surface area contributed by atoms with E-state index in [2.05, 4.69) is 15.0 Å². The van der Waals surface area contributed by atoms with Crippen molar-refractivity contribution in [3.05, 3.63) is 55.2 Å². The molecule has 0 aromatic carbocycles. The zero-order chi connectivity index (χ0) is 18.3. The molecule has 0 bridgehead atoms. The second kappa shape index (κ2) is 6.49. The highest BCUT2D eigenvalue weighted by atomic mass is 32.1. The van der Waals surface area contributed by atoms with Crippen molar-refractivity contribution in [1.82, 2.24) is 24.4 Å². The number of rotatable bonds is 2. The summed E-state index contributed by atoms with van der Waals surface area (Å²) in [6.07, 6.45) is 2.64. The summed E-state index contributed by atoms with van der Waals surface area (Å²) in [5, 5.41) is 0.394. The van der Waals surface area contributed by atoms with Gasteiger partial charge in [0.05, 0.1) is 16.6 Å². The molecule has 1 aliphatic rings. The van der Waals surface area contributed by atoms with Gasteiger partial charge in [-0.25, -0.2) is 14.8 Å². The monoisotopic (exact) mass is 371 g/mol. The first-order chi connectivity index (χ1) is 12.6. The SMILES string of the molecule is Cc1ncsc1C(=O)N1CCC(n2c(=O)[nH]c3ncccc3c2=O)CC1. The van der Waals surface area contributed by atoms with Crippen molar-refractivity contribution in [2.24, 2.45) is 0 Å². The van der Waals surface area contributed by atoms with E-state index in [0.29, 0.717) is 41.8 Å². The van der Waals surface area contributed by atoms with Crippen LogP contribution in [0.25, 0.3) is 11.0 Å². The molecule has 1 N–H and O–H groups in total. The number of aromatic nitrogens is 4. The number of pyridine rings is 1. The summed E-state index contributed by atoms with van der Waals surface area (Å²) < 4.78 is 1.27. The fourth-order valence-electron chi connectivity index (χ4n) is 3.37. The third-order valence-electron chi connectivity index (χ3n) is 4.76. The number of likely N-dealkylation sites (tertiary alicyclic amines) is 1. The van der Waals surface area contributed by atoms with Crippen LogP contribution in [0.2, 0.25) is 0 Å². The third-order valence-corrected chi connectivity index (χ3v) is 5.67. The van der Waals surface area contributed by atoms with Gasteiger partial charge in [0, 0.05) is 25.3 Å². The van der Waals surface area contributed by atoms with Gasteiger partial charge in [-0.15, -0.1) is 11.3 Å². The number of nitrogens with one attached hydrogen (secondary N) is 1. The highest BCUT2D eigenvalue weighted by Gasteiger charge is 2.28. The highest BCUT2D eigenvalue weighted by Crippen LogP contribution is 2.23. The number of fused-ring (bicyclic) bond motifs is 1. The van der Waals surface area contributed by atoms with Crippen molar-refractivity contribution in [1.29, 1.82) is 0 Å². The van der Waals surface area contributed by atoms with Crippen LogP contribution < -0.4 is 11.2 Å². The molecule has 4 rings (SSSR count). The van der Waals surface area contributed by atoms with Crippen LogP contribution in [0.1, 0.15) is 34.2 Å². The minimum absolute atomic E-state index is 0.0348. The summed E-state index contributed by atoms with van der Waals surface area (Å²) in [6, 6.07) is 3.09. The number of H-pyrrole nitrogens is 1. The molecular formula is C17H17N5O3S. The lowest BCUT2D eigenvalue weighted by atomic mass is 10.0. The molecule has 0 saturated carbocycles. The van der Waals surface area contributed by atoms with E-state index in [4.69, 9.17) is 0 Å². The lowest BCUT2D eigenvalue weighted by molar-refractivity contribution is 0.0696. The van der Waals surface area contributed by atoms with Gasteiger partial charge in [0.15, 0.2) is 0 Å². The Morgan fingerprint density at radius 2 is 2.04 bits per heavy atom. The number of hydrogen-bond donors (Lipinski definition) is 1. The van der Waals surface area contributed by atoms with Crippen LogP contribution in [0.15, 0.2) is 33.4 Å². The Morgan fingerprint density at radius 3 is 2.73 bits per heavy atom. The number of piperidine rings is 1. The van der Waals surface area contributed by atoms with Crippen molar-refractivity contribution >= 4 is 28.3 Å². The fourth-order valence-corrected chi connectivity index (χ4v) is 4.14. The van der Waals surface area contributed by atoms with Crippen molar-refractivity contribution in [2.75, 3.05) is 13.1 Å². The van der Waals surface area contributed by atoms with Gasteiger partial charge in [-0.3, -0.25) is 19.1 Å². The predicted molar refractivity (Wildman–Crippen MR) is 97.6 cm³/mol. The number of hydrogen-bond acceptors (Lipinski definition) is 6. The number of carbonyl (C=O) groups is 1. The number of aromatic amines is 1. The molecule has 1 aliphatic heterocycles. The zero-order valence-electron chi connectivity index (χ0n) is 14.1. The molecule has 0 spiro atoms. The Bertz CT molecular complexity index is 1090. The van der Waals surface area contributed by atoms with E-state index >= 15 is 0 Å². The van der Waals surface area contributed by atoms with Crippen molar-refractivity contribution < 1.29 is 4.79 Å². The summed E-state index contributed by atoms with van der Waals surface area (Å²) in [6.45, 7) is 2.81. The number of nitrogens with zero attached hydrogens (tertiary/aromatic N) is 4. The average Bonchev–Trinajstić information content (AvgIpc) is 3.08. The van der Waals surface area contributed by atoms with Gasteiger partial charge in [-0.1, -0.05) is 0 Å². The molecule has 134 valence electrons. The Kier molecular flexibility index (Phi) is 4.15. The maximum absolute atomic E-state index is 12.7.